The summed E-state index contributed by atoms with van der Waals surface area (Å²) in [6.45, 7) is 0. The van der Waals surface area contributed by atoms with Crippen molar-refractivity contribution in [1.29, 1.82) is 0 Å². The number of halogens is 2. The minimum Gasteiger partial charge on any atom is -0.397 e. The van der Waals surface area contributed by atoms with Gasteiger partial charge < -0.3 is 5.73 Å². The van der Waals surface area contributed by atoms with Crippen LogP contribution in [0.2, 0.25) is 5.02 Å². The third-order valence-corrected chi connectivity index (χ3v) is 2.78. The molecule has 0 aromatic heterocycles. The van der Waals surface area contributed by atoms with E-state index in [1.807, 2.05) is 12.1 Å². The highest BCUT2D eigenvalue weighted by atomic mass is 35.5. The lowest BCUT2D eigenvalue weighted by atomic mass is 10.0. The first-order chi connectivity index (χ1) is 7.66. The maximum Gasteiger partial charge on any atom is 0.123 e. The van der Waals surface area contributed by atoms with Crippen molar-refractivity contribution in [2.45, 2.75) is 6.42 Å². The van der Waals surface area contributed by atoms with Crippen molar-refractivity contribution in [2.24, 2.45) is 0 Å². The molecular formula is C13H11ClFN. The van der Waals surface area contributed by atoms with E-state index in [-0.39, 0.29) is 5.82 Å². The number of benzene rings is 2. The molecule has 0 saturated heterocycles. The molecule has 0 aliphatic rings. The Labute approximate surface area is 98.7 Å². The van der Waals surface area contributed by atoms with Crippen molar-refractivity contribution in [2.75, 3.05) is 5.73 Å². The smallest absolute Gasteiger partial charge is 0.123 e. The summed E-state index contributed by atoms with van der Waals surface area (Å²) in [5.41, 5.74) is 8.41. The van der Waals surface area contributed by atoms with Crippen LogP contribution in [0.5, 0.6) is 0 Å². The normalized spacial score (nSPS) is 10.4. The van der Waals surface area contributed by atoms with Gasteiger partial charge in [-0.2, -0.15) is 0 Å². The SMILES string of the molecule is Nc1c(Cl)cccc1Cc1ccc(F)cc1. The van der Waals surface area contributed by atoms with Gasteiger partial charge in [-0.1, -0.05) is 35.9 Å². The molecule has 2 N–H and O–H groups in total. The third-order valence-electron chi connectivity index (χ3n) is 2.45. The molecule has 3 heteroatoms. The van der Waals surface area contributed by atoms with Gasteiger partial charge in [0.2, 0.25) is 0 Å². The monoisotopic (exact) mass is 235 g/mol. The minimum atomic E-state index is -0.234. The van der Waals surface area contributed by atoms with Crippen LogP contribution >= 0.6 is 11.6 Å². The van der Waals surface area contributed by atoms with Crippen LogP contribution in [0, 0.1) is 5.82 Å². The summed E-state index contributed by atoms with van der Waals surface area (Å²) in [6, 6.07) is 11.9. The van der Waals surface area contributed by atoms with Crippen LogP contribution in [-0.2, 0) is 6.42 Å². The van der Waals surface area contributed by atoms with E-state index < -0.39 is 0 Å². The molecule has 0 aliphatic heterocycles. The minimum absolute atomic E-state index is 0.234. The van der Waals surface area contributed by atoms with Gasteiger partial charge in [0, 0.05) is 0 Å². The predicted octanol–water partition coefficient (Wildman–Crippen LogP) is 3.65. The van der Waals surface area contributed by atoms with E-state index in [2.05, 4.69) is 0 Å². The quantitative estimate of drug-likeness (QED) is 0.790. The Kier molecular flexibility index (Phi) is 3.11. The van der Waals surface area contributed by atoms with Gasteiger partial charge in [0.1, 0.15) is 5.82 Å². The van der Waals surface area contributed by atoms with E-state index in [9.17, 15) is 4.39 Å². The van der Waals surface area contributed by atoms with E-state index in [1.165, 1.54) is 12.1 Å². The topological polar surface area (TPSA) is 26.0 Å². The first kappa shape index (κ1) is 11.0. The van der Waals surface area contributed by atoms with Crippen molar-refractivity contribution in [3.05, 3.63) is 64.4 Å². The van der Waals surface area contributed by atoms with Crippen LogP contribution in [0.3, 0.4) is 0 Å². The van der Waals surface area contributed by atoms with Crippen LogP contribution < -0.4 is 5.73 Å². The van der Waals surface area contributed by atoms with Crippen LogP contribution in [0.1, 0.15) is 11.1 Å². The third kappa shape index (κ3) is 2.34. The summed E-state index contributed by atoms with van der Waals surface area (Å²) in [4.78, 5) is 0. The average Bonchev–Trinajstić information content (AvgIpc) is 2.28. The summed E-state index contributed by atoms with van der Waals surface area (Å²) in [5, 5.41) is 0.555. The summed E-state index contributed by atoms with van der Waals surface area (Å²) < 4.78 is 12.7. The number of nitrogen functional groups attached to an aromatic ring is 1. The highest BCUT2D eigenvalue weighted by Crippen LogP contribution is 2.24. The standard InChI is InChI=1S/C13H11ClFN/c14-12-3-1-2-10(13(12)16)8-9-4-6-11(15)7-5-9/h1-7H,8,16H2. The number of hydrogen-bond donors (Lipinski definition) is 1. The maximum absolute atomic E-state index is 12.7. The largest absolute Gasteiger partial charge is 0.397 e. The molecule has 0 radical (unpaired) electrons. The van der Waals surface area contributed by atoms with Gasteiger partial charge in [-0.25, -0.2) is 4.39 Å². The first-order valence-corrected chi connectivity index (χ1v) is 5.32. The Morgan fingerprint density at radius 2 is 1.75 bits per heavy atom. The lowest BCUT2D eigenvalue weighted by Gasteiger charge is -2.07. The van der Waals surface area contributed by atoms with Crippen molar-refractivity contribution in [1.82, 2.24) is 0 Å². The van der Waals surface area contributed by atoms with Crippen molar-refractivity contribution < 1.29 is 4.39 Å². The van der Waals surface area contributed by atoms with Crippen molar-refractivity contribution in [3.63, 3.8) is 0 Å². The van der Waals surface area contributed by atoms with Gasteiger partial charge in [0.15, 0.2) is 0 Å². The number of hydrogen-bond acceptors (Lipinski definition) is 1. The Balaban J connectivity index is 2.27. The van der Waals surface area contributed by atoms with Gasteiger partial charge in [0.05, 0.1) is 10.7 Å². The summed E-state index contributed by atoms with van der Waals surface area (Å²) >= 11 is 5.92. The summed E-state index contributed by atoms with van der Waals surface area (Å²) in [6.07, 6.45) is 0.659. The lowest BCUT2D eigenvalue weighted by molar-refractivity contribution is 0.627. The average molecular weight is 236 g/mol. The molecule has 0 heterocycles. The van der Waals surface area contributed by atoms with E-state index >= 15 is 0 Å². The molecular weight excluding hydrogens is 225 g/mol. The molecule has 0 unspecified atom stereocenters. The number of rotatable bonds is 2. The molecule has 0 spiro atoms. The molecule has 0 saturated carbocycles. The molecule has 1 nitrogen and oxygen atoms in total. The molecule has 16 heavy (non-hydrogen) atoms. The Morgan fingerprint density at radius 1 is 1.06 bits per heavy atom. The van der Waals surface area contributed by atoms with Gasteiger partial charge in [-0.05, 0) is 35.7 Å². The highest BCUT2D eigenvalue weighted by molar-refractivity contribution is 6.33. The number of para-hydroxylation sites is 1. The Hall–Kier alpha value is -1.54. The number of anilines is 1. The van der Waals surface area contributed by atoms with Gasteiger partial charge in [0.25, 0.3) is 0 Å². The van der Waals surface area contributed by atoms with Crippen LogP contribution in [0.25, 0.3) is 0 Å². The Morgan fingerprint density at radius 3 is 2.44 bits per heavy atom. The molecule has 0 aliphatic carbocycles. The van der Waals surface area contributed by atoms with Crippen LogP contribution in [-0.4, -0.2) is 0 Å². The molecule has 0 fully saturated rings. The molecule has 2 aromatic rings. The Bertz CT molecular complexity index is 494. The second kappa shape index (κ2) is 4.54. The van der Waals surface area contributed by atoms with Crippen LogP contribution in [0.4, 0.5) is 10.1 Å². The molecule has 0 bridgehead atoms. The maximum atomic E-state index is 12.7. The zero-order chi connectivity index (χ0) is 11.5. The molecule has 2 aromatic carbocycles. The first-order valence-electron chi connectivity index (χ1n) is 4.94. The van der Waals surface area contributed by atoms with Crippen molar-refractivity contribution >= 4 is 17.3 Å². The second-order valence-electron chi connectivity index (χ2n) is 3.62. The van der Waals surface area contributed by atoms with E-state index in [0.29, 0.717) is 17.1 Å². The fourth-order valence-corrected chi connectivity index (χ4v) is 1.75. The van der Waals surface area contributed by atoms with E-state index in [1.54, 1.807) is 18.2 Å². The van der Waals surface area contributed by atoms with Crippen molar-refractivity contribution in [3.8, 4) is 0 Å². The zero-order valence-corrected chi connectivity index (χ0v) is 9.34. The molecule has 82 valence electrons. The van der Waals surface area contributed by atoms with E-state index in [4.69, 9.17) is 17.3 Å². The van der Waals surface area contributed by atoms with Gasteiger partial charge in [-0.3, -0.25) is 0 Å². The number of nitrogens with two attached hydrogens (primary N) is 1. The molecule has 2 rings (SSSR count). The van der Waals surface area contributed by atoms with Crippen LogP contribution in [0.15, 0.2) is 42.5 Å². The molecule has 0 atom stereocenters. The highest BCUT2D eigenvalue weighted by Gasteiger charge is 2.04. The zero-order valence-electron chi connectivity index (χ0n) is 8.58. The fraction of sp³-hybridized carbons (Fsp3) is 0.0769. The summed E-state index contributed by atoms with van der Waals surface area (Å²) in [7, 11) is 0. The molecule has 0 amide bonds. The lowest BCUT2D eigenvalue weighted by Crippen LogP contribution is -1.96. The van der Waals surface area contributed by atoms with E-state index in [0.717, 1.165) is 11.1 Å². The van der Waals surface area contributed by atoms with Gasteiger partial charge in [-0.15, -0.1) is 0 Å². The predicted molar refractivity (Wildman–Crippen MR) is 65.1 cm³/mol. The fourth-order valence-electron chi connectivity index (χ4n) is 1.56. The second-order valence-corrected chi connectivity index (χ2v) is 4.02. The van der Waals surface area contributed by atoms with Gasteiger partial charge >= 0.3 is 0 Å². The summed E-state index contributed by atoms with van der Waals surface area (Å²) in [5.74, 6) is -0.234.